The quantitative estimate of drug-likeness (QED) is 0.699. The summed E-state index contributed by atoms with van der Waals surface area (Å²) in [7, 11) is 3.80. The second kappa shape index (κ2) is 6.90. The zero-order valence-electron chi connectivity index (χ0n) is 15.1. The van der Waals surface area contributed by atoms with Gasteiger partial charge in [0.15, 0.2) is 11.6 Å². The molecule has 0 spiro atoms. The Bertz CT molecular complexity index is 971. The van der Waals surface area contributed by atoms with Crippen LogP contribution < -0.4 is 14.7 Å². The van der Waals surface area contributed by atoms with Crippen molar-refractivity contribution < 1.29 is 8.78 Å². The first-order chi connectivity index (χ1) is 13.0. The SMILES string of the molecule is CN(C)c1nccc(N2CCN(c3ncnc4cc(F)c(F)cc34)CC2)n1. The highest BCUT2D eigenvalue weighted by Gasteiger charge is 2.22. The summed E-state index contributed by atoms with van der Waals surface area (Å²) in [5, 5.41) is 0.516. The number of hydrogen-bond donors (Lipinski definition) is 0. The third-order valence-corrected chi connectivity index (χ3v) is 4.59. The minimum Gasteiger partial charge on any atom is -0.353 e. The Morgan fingerprint density at radius 2 is 1.63 bits per heavy atom. The maximum absolute atomic E-state index is 13.7. The average molecular weight is 371 g/mol. The van der Waals surface area contributed by atoms with Crippen LogP contribution in [-0.4, -0.2) is 60.2 Å². The molecule has 7 nitrogen and oxygen atoms in total. The van der Waals surface area contributed by atoms with E-state index in [1.807, 2.05) is 25.1 Å². The van der Waals surface area contributed by atoms with Gasteiger partial charge in [-0.3, -0.25) is 0 Å². The Labute approximate surface area is 155 Å². The van der Waals surface area contributed by atoms with Gasteiger partial charge in [0.2, 0.25) is 5.95 Å². The average Bonchev–Trinajstić information content (AvgIpc) is 2.69. The van der Waals surface area contributed by atoms with Crippen LogP contribution in [-0.2, 0) is 0 Å². The summed E-state index contributed by atoms with van der Waals surface area (Å²) < 4.78 is 27.2. The number of fused-ring (bicyclic) bond motifs is 1. The Morgan fingerprint density at radius 1 is 0.926 bits per heavy atom. The van der Waals surface area contributed by atoms with Gasteiger partial charge in [-0.15, -0.1) is 0 Å². The van der Waals surface area contributed by atoms with Crippen molar-refractivity contribution in [2.45, 2.75) is 0 Å². The smallest absolute Gasteiger partial charge is 0.226 e. The van der Waals surface area contributed by atoms with Crippen LogP contribution in [0.2, 0.25) is 0 Å². The van der Waals surface area contributed by atoms with E-state index in [0.29, 0.717) is 35.8 Å². The van der Waals surface area contributed by atoms with Gasteiger partial charge < -0.3 is 14.7 Å². The van der Waals surface area contributed by atoms with Gasteiger partial charge in [-0.2, -0.15) is 4.98 Å². The lowest BCUT2D eigenvalue weighted by molar-refractivity contribution is 0.510. The van der Waals surface area contributed by atoms with Gasteiger partial charge in [0.1, 0.15) is 18.0 Å². The number of aromatic nitrogens is 4. The number of rotatable bonds is 3. The molecule has 0 saturated carbocycles. The molecule has 4 rings (SSSR count). The predicted molar refractivity (Wildman–Crippen MR) is 100 cm³/mol. The third kappa shape index (κ3) is 3.32. The molecule has 2 aromatic heterocycles. The van der Waals surface area contributed by atoms with E-state index in [9.17, 15) is 8.78 Å². The predicted octanol–water partition coefficient (Wildman–Crippen LogP) is 2.09. The second-order valence-corrected chi connectivity index (χ2v) is 6.56. The Balaban J connectivity index is 1.55. The van der Waals surface area contributed by atoms with Crippen LogP contribution in [0.1, 0.15) is 0 Å². The van der Waals surface area contributed by atoms with E-state index in [1.54, 1.807) is 6.20 Å². The van der Waals surface area contributed by atoms with Crippen molar-refractivity contribution in [3.8, 4) is 0 Å². The maximum atomic E-state index is 13.7. The maximum Gasteiger partial charge on any atom is 0.226 e. The number of piperazine rings is 1. The molecule has 0 atom stereocenters. The zero-order chi connectivity index (χ0) is 19.0. The van der Waals surface area contributed by atoms with Gasteiger partial charge in [0.05, 0.1) is 5.52 Å². The van der Waals surface area contributed by atoms with E-state index in [4.69, 9.17) is 0 Å². The first-order valence-corrected chi connectivity index (χ1v) is 8.63. The van der Waals surface area contributed by atoms with Crippen molar-refractivity contribution >= 4 is 28.5 Å². The molecule has 1 fully saturated rings. The molecule has 1 saturated heterocycles. The Morgan fingerprint density at radius 3 is 2.37 bits per heavy atom. The molecule has 0 N–H and O–H groups in total. The van der Waals surface area contributed by atoms with E-state index in [2.05, 4.69) is 29.7 Å². The van der Waals surface area contributed by atoms with Crippen molar-refractivity contribution in [2.75, 3.05) is 55.0 Å². The van der Waals surface area contributed by atoms with E-state index in [-0.39, 0.29) is 0 Å². The second-order valence-electron chi connectivity index (χ2n) is 6.56. The molecule has 27 heavy (non-hydrogen) atoms. The standard InChI is InChI=1S/C18H19F2N7/c1-25(2)18-21-4-3-16(24-18)26-5-7-27(8-6-26)17-12-9-13(19)14(20)10-15(12)22-11-23-17/h3-4,9-11H,5-8H2,1-2H3. The third-order valence-electron chi connectivity index (χ3n) is 4.59. The molecule has 3 aromatic rings. The van der Waals surface area contributed by atoms with E-state index in [0.717, 1.165) is 25.0 Å². The molecule has 3 heterocycles. The summed E-state index contributed by atoms with van der Waals surface area (Å²) in [6.07, 6.45) is 3.13. The van der Waals surface area contributed by atoms with Crippen LogP contribution >= 0.6 is 0 Å². The van der Waals surface area contributed by atoms with Crippen molar-refractivity contribution in [3.63, 3.8) is 0 Å². The number of nitrogens with zero attached hydrogens (tertiary/aromatic N) is 7. The first-order valence-electron chi connectivity index (χ1n) is 8.63. The van der Waals surface area contributed by atoms with Crippen molar-refractivity contribution in [1.82, 2.24) is 19.9 Å². The van der Waals surface area contributed by atoms with E-state index >= 15 is 0 Å². The van der Waals surface area contributed by atoms with Gasteiger partial charge in [-0.1, -0.05) is 0 Å². The molecule has 1 aliphatic rings. The molecule has 0 amide bonds. The van der Waals surface area contributed by atoms with Crippen molar-refractivity contribution in [1.29, 1.82) is 0 Å². The molecule has 9 heteroatoms. The number of anilines is 3. The lowest BCUT2D eigenvalue weighted by Gasteiger charge is -2.36. The fraction of sp³-hybridized carbons (Fsp3) is 0.333. The van der Waals surface area contributed by atoms with Crippen LogP contribution in [0.4, 0.5) is 26.4 Å². The van der Waals surface area contributed by atoms with Gasteiger partial charge in [-0.05, 0) is 12.1 Å². The van der Waals surface area contributed by atoms with Gasteiger partial charge in [0.25, 0.3) is 0 Å². The Kier molecular flexibility index (Phi) is 4.43. The highest BCUT2D eigenvalue weighted by Crippen LogP contribution is 2.26. The van der Waals surface area contributed by atoms with E-state index < -0.39 is 11.6 Å². The molecular weight excluding hydrogens is 352 g/mol. The first kappa shape index (κ1) is 17.3. The Hall–Kier alpha value is -3.10. The molecule has 0 bridgehead atoms. The summed E-state index contributed by atoms with van der Waals surface area (Å²) >= 11 is 0. The largest absolute Gasteiger partial charge is 0.353 e. The summed E-state index contributed by atoms with van der Waals surface area (Å²) in [4.78, 5) is 23.3. The number of hydrogen-bond acceptors (Lipinski definition) is 7. The van der Waals surface area contributed by atoms with Crippen LogP contribution in [0, 0.1) is 11.6 Å². The van der Waals surface area contributed by atoms with Crippen molar-refractivity contribution in [3.05, 3.63) is 42.4 Å². The molecular formula is C18H19F2N7. The fourth-order valence-corrected chi connectivity index (χ4v) is 3.17. The molecule has 0 aliphatic carbocycles. The number of benzene rings is 1. The normalized spacial score (nSPS) is 14.7. The molecule has 0 radical (unpaired) electrons. The van der Waals surface area contributed by atoms with Crippen LogP contribution in [0.3, 0.4) is 0 Å². The topological polar surface area (TPSA) is 61.3 Å². The summed E-state index contributed by atoms with van der Waals surface area (Å²) in [6, 6.07) is 4.16. The number of halogens is 2. The highest BCUT2D eigenvalue weighted by atomic mass is 19.2. The lowest BCUT2D eigenvalue weighted by Crippen LogP contribution is -2.47. The van der Waals surface area contributed by atoms with Crippen LogP contribution in [0.15, 0.2) is 30.7 Å². The van der Waals surface area contributed by atoms with E-state index in [1.165, 1.54) is 12.4 Å². The minimum atomic E-state index is -0.905. The zero-order valence-corrected chi connectivity index (χ0v) is 15.1. The summed E-state index contributed by atoms with van der Waals surface area (Å²) in [5.41, 5.74) is 0.396. The summed E-state index contributed by atoms with van der Waals surface area (Å²) in [6.45, 7) is 2.84. The van der Waals surface area contributed by atoms with Gasteiger partial charge in [-0.25, -0.2) is 23.7 Å². The van der Waals surface area contributed by atoms with Crippen LogP contribution in [0.25, 0.3) is 10.9 Å². The molecule has 1 aliphatic heterocycles. The molecule has 1 aromatic carbocycles. The highest BCUT2D eigenvalue weighted by molar-refractivity contribution is 5.89. The summed E-state index contributed by atoms with van der Waals surface area (Å²) in [5.74, 6) is 0.352. The monoisotopic (exact) mass is 371 g/mol. The van der Waals surface area contributed by atoms with Gasteiger partial charge >= 0.3 is 0 Å². The molecule has 0 unspecified atom stereocenters. The molecule has 140 valence electrons. The van der Waals surface area contributed by atoms with Gasteiger partial charge in [0, 0.05) is 57.9 Å². The fourth-order valence-electron chi connectivity index (χ4n) is 3.17. The lowest BCUT2D eigenvalue weighted by atomic mass is 10.2. The minimum absolute atomic E-state index is 0.396. The van der Waals surface area contributed by atoms with Crippen LogP contribution in [0.5, 0.6) is 0 Å². The van der Waals surface area contributed by atoms with Crippen molar-refractivity contribution in [2.24, 2.45) is 0 Å².